The van der Waals surface area contributed by atoms with Crippen LogP contribution in [0.4, 0.5) is 0 Å². The van der Waals surface area contributed by atoms with Crippen molar-refractivity contribution in [3.05, 3.63) is 217 Å². The lowest BCUT2D eigenvalue weighted by molar-refractivity contribution is 1.18. The Balaban J connectivity index is 1.26. The summed E-state index contributed by atoms with van der Waals surface area (Å²) < 4.78 is 2.30. The summed E-state index contributed by atoms with van der Waals surface area (Å²) >= 11 is 0. The number of fused-ring (bicyclic) bond motifs is 5. The molecule has 2 nitrogen and oxygen atoms in total. The van der Waals surface area contributed by atoms with Crippen molar-refractivity contribution in [2.45, 2.75) is 0 Å². The van der Waals surface area contributed by atoms with Gasteiger partial charge in [-0.3, -0.25) is 0 Å². The van der Waals surface area contributed by atoms with Gasteiger partial charge in [-0.15, -0.1) is 5.54 Å². The zero-order valence-corrected chi connectivity index (χ0v) is 31.5. The van der Waals surface area contributed by atoms with E-state index in [4.69, 9.17) is 0 Å². The molecule has 10 rings (SSSR count). The molecule has 260 valence electrons. The number of benzene rings is 9. The van der Waals surface area contributed by atoms with Gasteiger partial charge in [-0.05, 0) is 90.7 Å². The highest BCUT2D eigenvalue weighted by Crippen LogP contribution is 2.42. The van der Waals surface area contributed by atoms with Crippen LogP contribution in [0.2, 0.25) is 0 Å². The van der Waals surface area contributed by atoms with Gasteiger partial charge < -0.3 is 4.57 Å². The molecular weight excluding hydrogens is 693 g/mol. The van der Waals surface area contributed by atoms with Crippen LogP contribution in [0.3, 0.4) is 0 Å². The van der Waals surface area contributed by atoms with Crippen molar-refractivity contribution in [3.8, 4) is 34.3 Å². The van der Waals surface area contributed by atoms with Gasteiger partial charge in [0.25, 0.3) is 0 Å². The maximum atomic E-state index is 9.91. The Hall–Kier alpha value is -7.43. The second-order valence-electron chi connectivity index (χ2n) is 14.2. The largest absolute Gasteiger partial charge is 0.309 e. The molecule has 0 unspecified atom stereocenters. The van der Waals surface area contributed by atoms with Gasteiger partial charge in [0.2, 0.25) is 8.07 Å². The first-order valence-electron chi connectivity index (χ1n) is 18.9. The first-order chi connectivity index (χ1) is 27.7. The summed E-state index contributed by atoms with van der Waals surface area (Å²) in [7, 11) is -2.84. The van der Waals surface area contributed by atoms with Crippen molar-refractivity contribution < 1.29 is 0 Å². The van der Waals surface area contributed by atoms with Crippen LogP contribution in [0.5, 0.6) is 0 Å². The van der Waals surface area contributed by atoms with E-state index in [0.29, 0.717) is 5.56 Å². The zero-order chi connectivity index (χ0) is 37.5. The Morgan fingerprint density at radius 1 is 0.411 bits per heavy atom. The SMILES string of the molecule is N#Cc1ccc2c(c1)c1cc(-c3c4ccccc4c(C#C[Si](c4ccccc4)(c4ccccc4)c4ccccc4)c4ccccc34)ccc1n2-c1ccccc1. The van der Waals surface area contributed by atoms with Gasteiger partial charge in [-0.25, -0.2) is 0 Å². The molecule has 0 saturated carbocycles. The van der Waals surface area contributed by atoms with Crippen LogP contribution < -0.4 is 15.6 Å². The molecule has 0 saturated heterocycles. The predicted molar refractivity (Wildman–Crippen MR) is 237 cm³/mol. The third-order valence-corrected chi connectivity index (χ3v) is 15.2. The lowest BCUT2D eigenvalue weighted by Gasteiger charge is -2.28. The second kappa shape index (κ2) is 13.8. The highest BCUT2D eigenvalue weighted by atomic mass is 28.3. The van der Waals surface area contributed by atoms with Crippen LogP contribution in [0.15, 0.2) is 206 Å². The Bertz CT molecular complexity index is 3030. The summed E-state index contributed by atoms with van der Waals surface area (Å²) in [4.78, 5) is 0. The number of nitriles is 1. The van der Waals surface area contributed by atoms with Crippen molar-refractivity contribution in [1.29, 1.82) is 5.26 Å². The lowest BCUT2D eigenvalue weighted by atomic mass is 9.88. The maximum absolute atomic E-state index is 9.91. The molecule has 10 aromatic rings. The minimum absolute atomic E-state index is 0.648. The van der Waals surface area contributed by atoms with E-state index < -0.39 is 8.07 Å². The van der Waals surface area contributed by atoms with Crippen LogP contribution in [0.25, 0.3) is 60.2 Å². The topological polar surface area (TPSA) is 28.7 Å². The molecule has 0 aliphatic heterocycles. The first-order valence-corrected chi connectivity index (χ1v) is 20.9. The third-order valence-electron chi connectivity index (χ3n) is 11.1. The molecule has 0 N–H and O–H groups in total. The highest BCUT2D eigenvalue weighted by molar-refractivity contribution is 7.16. The van der Waals surface area contributed by atoms with E-state index in [1.54, 1.807) is 0 Å². The standard InChI is InChI=1S/C53H34N2Si/c54-37-38-29-31-51-49(35-38)50-36-39(30-32-52(50)55(51)40-17-5-1-6-18-40)53-47-27-15-13-25-44(47)46(45-26-14-16-28-48(45)53)33-34-56(41-19-7-2-8-20-41,42-21-9-3-10-22-42)43-23-11-4-12-24-43/h1-32,35-36H. The summed E-state index contributed by atoms with van der Waals surface area (Å²) in [6.45, 7) is 0. The fourth-order valence-corrected chi connectivity index (χ4v) is 12.4. The molecule has 1 aromatic heterocycles. The molecular formula is C53H34N2Si. The van der Waals surface area contributed by atoms with E-state index in [-0.39, 0.29) is 0 Å². The van der Waals surface area contributed by atoms with Gasteiger partial charge in [0, 0.05) is 22.0 Å². The van der Waals surface area contributed by atoms with Crippen LogP contribution in [-0.4, -0.2) is 12.6 Å². The van der Waals surface area contributed by atoms with Crippen molar-refractivity contribution >= 4 is 67.0 Å². The molecule has 0 fully saturated rings. The van der Waals surface area contributed by atoms with Crippen molar-refractivity contribution in [2.24, 2.45) is 0 Å². The second-order valence-corrected chi connectivity index (χ2v) is 17.7. The Morgan fingerprint density at radius 3 is 1.38 bits per heavy atom. The van der Waals surface area contributed by atoms with E-state index in [0.717, 1.165) is 60.2 Å². The number of rotatable bonds is 5. The minimum atomic E-state index is -2.84. The molecule has 56 heavy (non-hydrogen) atoms. The summed E-state index contributed by atoms with van der Waals surface area (Å²) in [6, 6.07) is 75.7. The molecule has 0 atom stereocenters. The summed E-state index contributed by atoms with van der Waals surface area (Å²) in [6.07, 6.45) is 0. The molecule has 3 heteroatoms. The first kappa shape index (κ1) is 33.2. The summed E-state index contributed by atoms with van der Waals surface area (Å²) in [5.74, 6) is 3.91. The Kier molecular flexibility index (Phi) is 8.15. The minimum Gasteiger partial charge on any atom is -0.309 e. The Labute approximate surface area is 327 Å². The van der Waals surface area contributed by atoms with E-state index >= 15 is 0 Å². The Morgan fingerprint density at radius 2 is 0.857 bits per heavy atom. The molecule has 0 amide bonds. The number of para-hydroxylation sites is 1. The zero-order valence-electron chi connectivity index (χ0n) is 30.5. The van der Waals surface area contributed by atoms with Crippen LogP contribution >= 0.6 is 0 Å². The van der Waals surface area contributed by atoms with Crippen LogP contribution in [0, 0.1) is 22.8 Å². The van der Waals surface area contributed by atoms with Gasteiger partial charge in [-0.1, -0.05) is 170 Å². The molecule has 0 spiro atoms. The van der Waals surface area contributed by atoms with E-state index in [1.165, 1.54) is 21.1 Å². The monoisotopic (exact) mass is 726 g/mol. The third kappa shape index (κ3) is 5.34. The van der Waals surface area contributed by atoms with Gasteiger partial charge in [0.05, 0.1) is 22.7 Å². The van der Waals surface area contributed by atoms with Crippen molar-refractivity contribution in [1.82, 2.24) is 4.57 Å². The van der Waals surface area contributed by atoms with Crippen LogP contribution in [0.1, 0.15) is 11.1 Å². The highest BCUT2D eigenvalue weighted by Gasteiger charge is 2.38. The smallest absolute Gasteiger partial charge is 0.230 e. The lowest BCUT2D eigenvalue weighted by Crippen LogP contribution is -2.66. The van der Waals surface area contributed by atoms with E-state index in [2.05, 4.69) is 210 Å². The average molecular weight is 727 g/mol. The molecule has 0 aliphatic carbocycles. The van der Waals surface area contributed by atoms with Gasteiger partial charge in [0.15, 0.2) is 0 Å². The van der Waals surface area contributed by atoms with Gasteiger partial charge in [-0.2, -0.15) is 5.26 Å². The molecule has 9 aromatic carbocycles. The summed E-state index contributed by atoms with van der Waals surface area (Å²) in [5.41, 5.74) is 11.3. The van der Waals surface area contributed by atoms with Crippen LogP contribution in [-0.2, 0) is 0 Å². The van der Waals surface area contributed by atoms with E-state index in [1.807, 2.05) is 18.2 Å². The van der Waals surface area contributed by atoms with Crippen molar-refractivity contribution in [3.63, 3.8) is 0 Å². The number of hydrogen-bond acceptors (Lipinski definition) is 1. The number of nitrogens with zero attached hydrogens (tertiary/aromatic N) is 2. The molecule has 1 heterocycles. The average Bonchev–Trinajstić information content (AvgIpc) is 3.60. The molecule has 0 aliphatic rings. The van der Waals surface area contributed by atoms with Gasteiger partial charge >= 0.3 is 0 Å². The summed E-state index contributed by atoms with van der Waals surface area (Å²) in [5, 5.41) is 20.4. The van der Waals surface area contributed by atoms with Gasteiger partial charge in [0.1, 0.15) is 0 Å². The quantitative estimate of drug-likeness (QED) is 0.0751. The number of aromatic nitrogens is 1. The fraction of sp³-hybridized carbons (Fsp3) is 0. The van der Waals surface area contributed by atoms with Crippen molar-refractivity contribution in [2.75, 3.05) is 0 Å². The fourth-order valence-electron chi connectivity index (χ4n) is 8.61. The molecule has 0 bridgehead atoms. The number of hydrogen-bond donors (Lipinski definition) is 0. The van der Waals surface area contributed by atoms with E-state index in [9.17, 15) is 5.26 Å². The predicted octanol–water partition coefficient (Wildman–Crippen LogP) is 10.7. The molecule has 0 radical (unpaired) electrons. The maximum Gasteiger partial charge on any atom is 0.230 e. The normalized spacial score (nSPS) is 11.4.